The van der Waals surface area contributed by atoms with Crippen molar-refractivity contribution in [1.82, 2.24) is 9.55 Å². The largest absolute Gasteiger partial charge is 0.336 e. The van der Waals surface area contributed by atoms with Crippen LogP contribution >= 0.6 is 23.2 Å². The summed E-state index contributed by atoms with van der Waals surface area (Å²) in [6.07, 6.45) is 1.73. The van der Waals surface area contributed by atoms with E-state index in [4.69, 9.17) is 23.2 Å². The van der Waals surface area contributed by atoms with Crippen LogP contribution < -0.4 is 10.6 Å². The number of aromatic nitrogens is 2. The van der Waals surface area contributed by atoms with Crippen LogP contribution in [-0.4, -0.2) is 15.6 Å². The summed E-state index contributed by atoms with van der Waals surface area (Å²) in [6.45, 7) is 1.85. The van der Waals surface area contributed by atoms with Gasteiger partial charge >= 0.3 is 6.03 Å². The van der Waals surface area contributed by atoms with Gasteiger partial charge in [-0.15, -0.1) is 0 Å². The van der Waals surface area contributed by atoms with Crippen LogP contribution in [-0.2, 0) is 7.05 Å². The SMILES string of the molecule is Cc1nc(NC(=O)Nc2ccc(Cl)c(Cl)c2)cn1C. The standard InChI is InChI=1S/C12H12Cl2N4O/c1-7-15-11(6-18(7)2)17-12(19)16-8-3-4-9(13)10(14)5-8/h3-6H,1-2H3,(H2,16,17,19). The Bertz CT molecular complexity index is 605. The molecule has 0 bridgehead atoms. The lowest BCUT2D eigenvalue weighted by Crippen LogP contribution is -2.19. The molecule has 19 heavy (non-hydrogen) atoms. The maximum Gasteiger partial charge on any atom is 0.324 e. The topological polar surface area (TPSA) is 59.0 Å². The van der Waals surface area contributed by atoms with Gasteiger partial charge in [0, 0.05) is 18.9 Å². The fraction of sp³-hybridized carbons (Fsp3) is 0.167. The minimum atomic E-state index is -0.392. The van der Waals surface area contributed by atoms with Gasteiger partial charge in [0.1, 0.15) is 5.82 Å². The van der Waals surface area contributed by atoms with E-state index >= 15 is 0 Å². The molecule has 0 fully saturated rings. The van der Waals surface area contributed by atoms with Crippen LogP contribution in [0.1, 0.15) is 5.82 Å². The summed E-state index contributed by atoms with van der Waals surface area (Å²) in [5.74, 6) is 1.29. The van der Waals surface area contributed by atoms with Crippen molar-refractivity contribution in [2.24, 2.45) is 7.05 Å². The van der Waals surface area contributed by atoms with Crippen LogP contribution in [0.5, 0.6) is 0 Å². The van der Waals surface area contributed by atoms with E-state index in [1.165, 1.54) is 0 Å². The average Bonchev–Trinajstić information content (AvgIpc) is 2.63. The van der Waals surface area contributed by atoms with Crippen LogP contribution in [0.2, 0.25) is 10.0 Å². The number of halogens is 2. The highest BCUT2D eigenvalue weighted by Crippen LogP contribution is 2.25. The number of nitrogens with zero attached hydrogens (tertiary/aromatic N) is 2. The maximum absolute atomic E-state index is 11.8. The summed E-state index contributed by atoms with van der Waals surface area (Å²) < 4.78 is 1.81. The zero-order valence-corrected chi connectivity index (χ0v) is 11.9. The Morgan fingerprint density at radius 3 is 2.58 bits per heavy atom. The number of carbonyl (C=O) groups excluding carboxylic acids is 1. The van der Waals surface area contributed by atoms with Crippen molar-refractivity contribution in [3.63, 3.8) is 0 Å². The Kier molecular flexibility index (Phi) is 3.97. The van der Waals surface area contributed by atoms with E-state index in [2.05, 4.69) is 15.6 Å². The van der Waals surface area contributed by atoms with Crippen LogP contribution in [0.25, 0.3) is 0 Å². The van der Waals surface area contributed by atoms with E-state index in [0.717, 1.165) is 5.82 Å². The third-order valence-electron chi connectivity index (χ3n) is 2.53. The molecule has 2 aromatic rings. The Hall–Kier alpha value is -1.72. The lowest BCUT2D eigenvalue weighted by atomic mass is 10.3. The second-order valence-corrected chi connectivity index (χ2v) is 4.81. The van der Waals surface area contributed by atoms with Crippen molar-refractivity contribution in [3.8, 4) is 0 Å². The number of aryl methyl sites for hydroxylation is 2. The molecule has 0 aliphatic rings. The van der Waals surface area contributed by atoms with Gasteiger partial charge in [0.2, 0.25) is 0 Å². The van der Waals surface area contributed by atoms with E-state index in [1.54, 1.807) is 24.4 Å². The third kappa shape index (κ3) is 3.39. The van der Waals surface area contributed by atoms with Crippen LogP contribution in [0, 0.1) is 6.92 Å². The second kappa shape index (κ2) is 5.50. The van der Waals surface area contributed by atoms with Crippen LogP contribution in [0.15, 0.2) is 24.4 Å². The first-order valence-corrected chi connectivity index (χ1v) is 6.24. The molecule has 5 nitrogen and oxygen atoms in total. The number of imidazole rings is 1. The Morgan fingerprint density at radius 2 is 2.00 bits per heavy atom. The number of nitrogens with one attached hydrogen (secondary N) is 2. The lowest BCUT2D eigenvalue weighted by molar-refractivity contribution is 0.262. The summed E-state index contributed by atoms with van der Waals surface area (Å²) >= 11 is 11.7. The first-order valence-electron chi connectivity index (χ1n) is 5.49. The summed E-state index contributed by atoms with van der Waals surface area (Å²) in [5, 5.41) is 6.09. The summed E-state index contributed by atoms with van der Waals surface area (Å²) in [4.78, 5) is 15.9. The number of hydrogen-bond acceptors (Lipinski definition) is 2. The van der Waals surface area contributed by atoms with Gasteiger partial charge in [-0.1, -0.05) is 23.2 Å². The lowest BCUT2D eigenvalue weighted by Gasteiger charge is -2.06. The van der Waals surface area contributed by atoms with Gasteiger partial charge in [0.25, 0.3) is 0 Å². The third-order valence-corrected chi connectivity index (χ3v) is 3.27. The molecule has 0 saturated carbocycles. The van der Waals surface area contributed by atoms with Gasteiger partial charge in [-0.25, -0.2) is 9.78 Å². The fourth-order valence-electron chi connectivity index (χ4n) is 1.47. The molecule has 0 aliphatic carbocycles. The predicted octanol–water partition coefficient (Wildman–Crippen LogP) is 3.68. The second-order valence-electron chi connectivity index (χ2n) is 3.99. The van der Waals surface area contributed by atoms with Gasteiger partial charge in [-0.05, 0) is 25.1 Å². The van der Waals surface area contributed by atoms with E-state index in [0.29, 0.717) is 21.6 Å². The molecule has 1 aromatic carbocycles. The Labute approximate surface area is 120 Å². The van der Waals surface area contributed by atoms with Gasteiger partial charge < -0.3 is 9.88 Å². The Balaban J connectivity index is 2.03. The molecule has 2 N–H and O–H groups in total. The normalized spacial score (nSPS) is 10.3. The van der Waals surface area contributed by atoms with E-state index in [9.17, 15) is 4.79 Å². The molecule has 0 aliphatic heterocycles. The molecule has 0 saturated heterocycles. The number of urea groups is 1. The highest BCUT2D eigenvalue weighted by Gasteiger charge is 2.07. The number of carbonyl (C=O) groups is 1. The summed E-state index contributed by atoms with van der Waals surface area (Å²) in [6, 6.07) is 4.46. The van der Waals surface area contributed by atoms with Crippen molar-refractivity contribution in [2.75, 3.05) is 10.6 Å². The van der Waals surface area contributed by atoms with Crippen molar-refractivity contribution in [2.45, 2.75) is 6.92 Å². The summed E-state index contributed by atoms with van der Waals surface area (Å²) in [5.41, 5.74) is 0.555. The van der Waals surface area contributed by atoms with E-state index in [1.807, 2.05) is 18.5 Å². The van der Waals surface area contributed by atoms with Gasteiger partial charge in [-0.3, -0.25) is 5.32 Å². The van der Waals surface area contributed by atoms with E-state index in [-0.39, 0.29) is 0 Å². The van der Waals surface area contributed by atoms with E-state index < -0.39 is 6.03 Å². The zero-order valence-electron chi connectivity index (χ0n) is 10.4. The molecule has 7 heteroatoms. The van der Waals surface area contributed by atoms with Crippen molar-refractivity contribution in [1.29, 1.82) is 0 Å². The molecule has 1 aromatic heterocycles. The van der Waals surface area contributed by atoms with Gasteiger partial charge in [0.15, 0.2) is 5.82 Å². The van der Waals surface area contributed by atoms with Gasteiger partial charge in [-0.2, -0.15) is 0 Å². The maximum atomic E-state index is 11.8. The summed E-state index contributed by atoms with van der Waals surface area (Å²) in [7, 11) is 1.85. The molecule has 100 valence electrons. The Morgan fingerprint density at radius 1 is 1.26 bits per heavy atom. The highest BCUT2D eigenvalue weighted by atomic mass is 35.5. The molecular weight excluding hydrogens is 287 g/mol. The number of amides is 2. The monoisotopic (exact) mass is 298 g/mol. The van der Waals surface area contributed by atoms with Crippen molar-refractivity contribution in [3.05, 3.63) is 40.3 Å². The zero-order chi connectivity index (χ0) is 14.0. The quantitative estimate of drug-likeness (QED) is 0.888. The molecule has 2 rings (SSSR count). The van der Waals surface area contributed by atoms with Crippen LogP contribution in [0.4, 0.5) is 16.3 Å². The number of hydrogen-bond donors (Lipinski definition) is 2. The molecule has 0 spiro atoms. The average molecular weight is 299 g/mol. The minimum Gasteiger partial charge on any atom is -0.336 e. The molecule has 0 atom stereocenters. The minimum absolute atomic E-state index is 0.383. The van der Waals surface area contributed by atoms with Crippen molar-refractivity contribution >= 4 is 40.7 Å². The fourth-order valence-corrected chi connectivity index (χ4v) is 1.77. The molecule has 1 heterocycles. The molecule has 2 amide bonds. The predicted molar refractivity (Wildman–Crippen MR) is 77.0 cm³/mol. The number of benzene rings is 1. The molecule has 0 radical (unpaired) electrons. The van der Waals surface area contributed by atoms with Crippen LogP contribution in [0.3, 0.4) is 0 Å². The van der Waals surface area contributed by atoms with Gasteiger partial charge in [0.05, 0.1) is 10.0 Å². The molecular formula is C12H12Cl2N4O. The number of rotatable bonds is 2. The first kappa shape index (κ1) is 13.7. The van der Waals surface area contributed by atoms with Crippen molar-refractivity contribution < 1.29 is 4.79 Å². The first-order chi connectivity index (χ1) is 8.95. The smallest absolute Gasteiger partial charge is 0.324 e. The number of anilines is 2. The highest BCUT2D eigenvalue weighted by molar-refractivity contribution is 6.42. The molecule has 0 unspecified atom stereocenters.